The lowest BCUT2D eigenvalue weighted by molar-refractivity contribution is -0.144. The number of nitrogens with one attached hydrogen (secondary N) is 2. The van der Waals surface area contributed by atoms with Gasteiger partial charge in [-0.1, -0.05) is 26.0 Å². The van der Waals surface area contributed by atoms with Crippen LogP contribution in [0.15, 0.2) is 35.7 Å². The molecule has 2 aromatic heterocycles. The van der Waals surface area contributed by atoms with E-state index in [4.69, 9.17) is 0 Å². The number of amides is 2. The van der Waals surface area contributed by atoms with Crippen LogP contribution in [0.25, 0.3) is 0 Å². The molecule has 1 fully saturated rings. The number of carbonyl (C=O) groups excluding carboxylic acids is 2. The maximum absolute atomic E-state index is 14.2. The van der Waals surface area contributed by atoms with Crippen LogP contribution in [0, 0.1) is 28.4 Å². The van der Waals surface area contributed by atoms with Crippen molar-refractivity contribution in [1.82, 2.24) is 10.3 Å². The monoisotopic (exact) mass is 575 g/mol. The predicted octanol–water partition coefficient (Wildman–Crippen LogP) is 4.86. The van der Waals surface area contributed by atoms with Crippen LogP contribution in [0.5, 0.6) is 0 Å². The number of thiophene rings is 1. The molecule has 39 heavy (non-hydrogen) atoms. The molecule has 7 nitrogen and oxygen atoms in total. The summed E-state index contributed by atoms with van der Waals surface area (Å²) < 4.78 is 28.4. The summed E-state index contributed by atoms with van der Waals surface area (Å²) in [7, 11) is 0. The second-order valence-electron chi connectivity index (χ2n) is 11.0. The largest absolute Gasteiger partial charge is 0.396 e. The maximum atomic E-state index is 14.2. The third kappa shape index (κ3) is 5.01. The molecule has 1 saturated carbocycles. The number of aromatic nitrogens is 1. The molecule has 3 aromatic rings. The Morgan fingerprint density at radius 3 is 2.59 bits per heavy atom. The zero-order valence-corrected chi connectivity index (χ0v) is 23.3. The van der Waals surface area contributed by atoms with Crippen LogP contribution in [0.2, 0.25) is 0 Å². The van der Waals surface area contributed by atoms with Gasteiger partial charge in [0.05, 0.1) is 24.9 Å². The molecule has 2 aliphatic carbocycles. The lowest BCUT2D eigenvalue weighted by Gasteiger charge is -2.58. The van der Waals surface area contributed by atoms with Crippen LogP contribution in [0.4, 0.5) is 13.9 Å². The van der Waals surface area contributed by atoms with Gasteiger partial charge in [-0.2, -0.15) is 0 Å². The minimum Gasteiger partial charge on any atom is -0.396 e. The van der Waals surface area contributed by atoms with Gasteiger partial charge in [-0.05, 0) is 54.2 Å². The Balaban J connectivity index is 1.48. The summed E-state index contributed by atoms with van der Waals surface area (Å²) in [5, 5.41) is 29.0. The highest BCUT2D eigenvalue weighted by Crippen LogP contribution is 2.62. The summed E-state index contributed by atoms with van der Waals surface area (Å²) in [6.45, 7) is 4.17. The van der Waals surface area contributed by atoms with E-state index in [1.54, 1.807) is 11.3 Å². The molecule has 2 amide bonds. The number of halogens is 2. The van der Waals surface area contributed by atoms with E-state index < -0.39 is 40.0 Å². The van der Waals surface area contributed by atoms with Crippen LogP contribution in [-0.4, -0.2) is 39.7 Å². The van der Waals surface area contributed by atoms with Gasteiger partial charge in [-0.3, -0.25) is 14.9 Å². The molecule has 0 spiro atoms. The highest BCUT2D eigenvalue weighted by Gasteiger charge is 2.59. The van der Waals surface area contributed by atoms with Crippen LogP contribution in [0.3, 0.4) is 0 Å². The molecular weight excluding hydrogens is 544 g/mol. The number of rotatable bonds is 7. The number of hydrogen-bond acceptors (Lipinski definition) is 7. The molecule has 5 unspecified atom stereocenters. The second-order valence-corrected chi connectivity index (χ2v) is 13.1. The lowest BCUT2D eigenvalue weighted by Crippen LogP contribution is -2.57. The van der Waals surface area contributed by atoms with Crippen LogP contribution in [-0.2, 0) is 17.8 Å². The third-order valence-corrected chi connectivity index (χ3v) is 10.6. The van der Waals surface area contributed by atoms with Crippen molar-refractivity contribution < 1.29 is 28.6 Å². The van der Waals surface area contributed by atoms with Gasteiger partial charge in [0.2, 0.25) is 5.91 Å². The number of benzene rings is 1. The first kappa shape index (κ1) is 27.8. The predicted molar refractivity (Wildman–Crippen MR) is 146 cm³/mol. The van der Waals surface area contributed by atoms with Gasteiger partial charge in [0.25, 0.3) is 5.91 Å². The molecule has 208 valence electrons. The fraction of sp³-hybridized carbons (Fsp3) is 0.464. The molecule has 4 N–H and O–H groups in total. The van der Waals surface area contributed by atoms with Crippen molar-refractivity contribution in [3.63, 3.8) is 0 Å². The molecule has 11 heteroatoms. The number of fused-ring (bicyclic) bond motifs is 2. The summed E-state index contributed by atoms with van der Waals surface area (Å²) in [5.74, 6) is -3.54. The van der Waals surface area contributed by atoms with Gasteiger partial charge in [-0.15, -0.1) is 22.7 Å². The Hall–Kier alpha value is -2.73. The number of hydrogen-bond donors (Lipinski definition) is 4. The number of thiazole rings is 1. The van der Waals surface area contributed by atoms with Crippen molar-refractivity contribution >= 4 is 39.6 Å². The molecule has 0 bridgehead atoms. The molecule has 5 rings (SSSR count). The summed E-state index contributed by atoms with van der Waals surface area (Å²) in [6, 6.07) is 7.09. The van der Waals surface area contributed by atoms with E-state index in [0.29, 0.717) is 31.5 Å². The normalized spacial score (nSPS) is 27.9. The van der Waals surface area contributed by atoms with Gasteiger partial charge in [-0.25, -0.2) is 13.8 Å². The summed E-state index contributed by atoms with van der Waals surface area (Å²) in [6.07, 6.45) is 1.05. The molecule has 0 aliphatic heterocycles. The summed E-state index contributed by atoms with van der Waals surface area (Å²) in [5.41, 5.74) is -1.27. The van der Waals surface area contributed by atoms with Crippen molar-refractivity contribution in [3.05, 3.63) is 68.4 Å². The highest BCUT2D eigenvalue weighted by atomic mass is 32.1. The van der Waals surface area contributed by atoms with E-state index in [1.807, 2.05) is 24.4 Å². The Morgan fingerprint density at radius 1 is 1.18 bits per heavy atom. The Kier molecular flexibility index (Phi) is 7.62. The molecule has 2 aliphatic rings. The van der Waals surface area contributed by atoms with Gasteiger partial charge in [0.15, 0.2) is 5.13 Å². The highest BCUT2D eigenvalue weighted by molar-refractivity contribution is 7.16. The standard InChI is InChI=1S/C28H31F2N3O4S2/c1-27-9-8-21(35)28(2,14-34)20(27)12-19-24(16(27)11-22(36)31-13-15-5-4-10-38-15)32-26(39-19)33-25(37)23-17(29)6-3-7-18(23)30/h3-7,10,16,20-21,34-35H,8-9,11-14H2,1-2H3,(H,31,36)(H,32,33,37). The van der Waals surface area contributed by atoms with Crippen LogP contribution >= 0.6 is 22.7 Å². The van der Waals surface area contributed by atoms with Gasteiger partial charge in [0.1, 0.15) is 17.2 Å². The Labute approximate surface area is 233 Å². The molecule has 0 saturated heterocycles. The Bertz CT molecular complexity index is 1360. The maximum Gasteiger partial charge on any atom is 0.263 e. The minimum atomic E-state index is -0.972. The van der Waals surface area contributed by atoms with Gasteiger partial charge < -0.3 is 15.5 Å². The van der Waals surface area contributed by atoms with Crippen molar-refractivity contribution in [3.8, 4) is 0 Å². The number of anilines is 1. The third-order valence-electron chi connectivity index (χ3n) is 8.73. The lowest BCUT2D eigenvalue weighted by atomic mass is 9.47. The number of carbonyl (C=O) groups is 2. The van der Waals surface area contributed by atoms with E-state index in [1.165, 1.54) is 17.4 Å². The van der Waals surface area contributed by atoms with Crippen molar-refractivity contribution in [2.45, 2.75) is 58.1 Å². The summed E-state index contributed by atoms with van der Waals surface area (Å²) in [4.78, 5) is 32.5. The van der Waals surface area contributed by atoms with Crippen molar-refractivity contribution in [2.24, 2.45) is 16.7 Å². The smallest absolute Gasteiger partial charge is 0.263 e. The topological polar surface area (TPSA) is 112 Å². The first-order chi connectivity index (χ1) is 18.6. The average molecular weight is 576 g/mol. The molecule has 5 atom stereocenters. The molecule has 2 heterocycles. The average Bonchev–Trinajstić information content (AvgIpc) is 3.56. The zero-order valence-electron chi connectivity index (χ0n) is 21.7. The van der Waals surface area contributed by atoms with E-state index in [2.05, 4.69) is 22.5 Å². The Morgan fingerprint density at radius 2 is 1.92 bits per heavy atom. The number of aliphatic hydroxyl groups excluding tert-OH is 2. The van der Waals surface area contributed by atoms with Gasteiger partial charge >= 0.3 is 0 Å². The number of nitrogens with zero attached hydrogens (tertiary/aromatic N) is 1. The number of aliphatic hydroxyl groups is 2. The van der Waals surface area contributed by atoms with Gasteiger partial charge in [0, 0.05) is 27.5 Å². The first-order valence-electron chi connectivity index (χ1n) is 12.9. The van der Waals surface area contributed by atoms with Crippen molar-refractivity contribution in [1.29, 1.82) is 0 Å². The first-order valence-corrected chi connectivity index (χ1v) is 14.6. The van der Waals surface area contributed by atoms with E-state index >= 15 is 0 Å². The molecular formula is C28H31F2N3O4S2. The van der Waals surface area contributed by atoms with Crippen LogP contribution < -0.4 is 10.6 Å². The molecule has 1 aromatic carbocycles. The second kappa shape index (κ2) is 10.7. The van der Waals surface area contributed by atoms with E-state index in [9.17, 15) is 28.6 Å². The zero-order chi connectivity index (χ0) is 27.9. The minimum absolute atomic E-state index is 0.141. The van der Waals surface area contributed by atoms with Crippen molar-refractivity contribution in [2.75, 3.05) is 11.9 Å². The quantitative estimate of drug-likeness (QED) is 0.322. The van der Waals surface area contributed by atoms with E-state index in [0.717, 1.165) is 21.9 Å². The van der Waals surface area contributed by atoms with E-state index in [-0.39, 0.29) is 35.9 Å². The molecule has 0 radical (unpaired) electrons. The summed E-state index contributed by atoms with van der Waals surface area (Å²) >= 11 is 2.75. The fourth-order valence-corrected chi connectivity index (χ4v) is 8.14. The SMILES string of the molecule is CC1(CO)C(O)CCC2(C)C(CC(=O)NCc3cccs3)c3nc(NC(=O)c4c(F)cccc4F)sc3CC12. The van der Waals surface area contributed by atoms with Crippen LogP contribution in [0.1, 0.15) is 64.8 Å². The fourth-order valence-electron chi connectivity index (χ4n) is 6.43.